The van der Waals surface area contributed by atoms with E-state index >= 15 is 0 Å². The van der Waals surface area contributed by atoms with Crippen LogP contribution < -0.4 is 0 Å². The molecule has 0 N–H and O–H groups in total. The van der Waals surface area contributed by atoms with Gasteiger partial charge in [0.2, 0.25) is 5.91 Å². The number of morpholine rings is 1. The fourth-order valence-corrected chi connectivity index (χ4v) is 3.75. The molecule has 27 heavy (non-hydrogen) atoms. The van der Waals surface area contributed by atoms with E-state index in [1.807, 2.05) is 17.0 Å². The third-order valence-electron chi connectivity index (χ3n) is 5.21. The van der Waals surface area contributed by atoms with Gasteiger partial charge in [-0.15, -0.1) is 0 Å². The highest BCUT2D eigenvalue weighted by Crippen LogP contribution is 2.22. The van der Waals surface area contributed by atoms with E-state index in [1.54, 1.807) is 7.05 Å². The number of fused-ring (bicyclic) bond motifs is 1. The number of carbonyl (C=O) groups excluding carboxylic acids is 2. The highest BCUT2D eigenvalue weighted by Gasteiger charge is 2.30. The van der Waals surface area contributed by atoms with Gasteiger partial charge in [0.1, 0.15) is 5.71 Å². The van der Waals surface area contributed by atoms with Crippen molar-refractivity contribution < 1.29 is 14.3 Å². The first-order chi connectivity index (χ1) is 13.1. The normalized spacial score (nSPS) is 20.7. The van der Waals surface area contributed by atoms with E-state index < -0.39 is 0 Å². The van der Waals surface area contributed by atoms with Crippen LogP contribution in [0.4, 0.5) is 0 Å². The molecule has 0 saturated carbocycles. The molecule has 2 aliphatic heterocycles. The lowest BCUT2D eigenvalue weighted by Gasteiger charge is -2.34. The van der Waals surface area contributed by atoms with Gasteiger partial charge in [0, 0.05) is 39.4 Å². The van der Waals surface area contributed by atoms with Crippen molar-refractivity contribution in [2.24, 2.45) is 5.10 Å². The predicted octanol–water partition coefficient (Wildman–Crippen LogP) is 2.22. The van der Waals surface area contributed by atoms with E-state index in [9.17, 15) is 9.59 Å². The minimum atomic E-state index is -0.0828. The first kappa shape index (κ1) is 17.7. The van der Waals surface area contributed by atoms with Crippen molar-refractivity contribution >= 4 is 28.3 Å². The molecule has 0 aliphatic carbocycles. The molecule has 0 aromatic heterocycles. The van der Waals surface area contributed by atoms with Gasteiger partial charge in [0.25, 0.3) is 5.91 Å². The molecule has 2 aromatic carbocycles. The Morgan fingerprint density at radius 2 is 2.00 bits per heavy atom. The lowest BCUT2D eigenvalue weighted by Crippen LogP contribution is -2.49. The zero-order valence-electron chi connectivity index (χ0n) is 15.4. The maximum Gasteiger partial charge on any atom is 0.270 e. The minimum absolute atomic E-state index is 0.0444. The molecule has 1 fully saturated rings. The molecule has 0 spiro atoms. The van der Waals surface area contributed by atoms with Crippen LogP contribution in [0.25, 0.3) is 10.8 Å². The van der Waals surface area contributed by atoms with Crippen LogP contribution in [0.15, 0.2) is 47.6 Å². The van der Waals surface area contributed by atoms with Crippen LogP contribution in [-0.2, 0) is 20.7 Å². The topological polar surface area (TPSA) is 62.2 Å². The van der Waals surface area contributed by atoms with Crippen LogP contribution in [0.1, 0.15) is 18.4 Å². The fraction of sp³-hybridized carbons (Fsp3) is 0.381. The Bertz CT molecular complexity index is 903. The Morgan fingerprint density at radius 3 is 2.85 bits per heavy atom. The van der Waals surface area contributed by atoms with E-state index in [1.165, 1.54) is 21.3 Å². The van der Waals surface area contributed by atoms with Crippen molar-refractivity contribution in [1.82, 2.24) is 9.91 Å². The molecule has 0 bridgehead atoms. The van der Waals surface area contributed by atoms with Crippen molar-refractivity contribution in [2.45, 2.75) is 25.4 Å². The maximum atomic E-state index is 12.8. The Morgan fingerprint density at radius 1 is 1.19 bits per heavy atom. The average molecular weight is 365 g/mol. The highest BCUT2D eigenvalue weighted by molar-refractivity contribution is 6.39. The van der Waals surface area contributed by atoms with Gasteiger partial charge in [-0.2, -0.15) is 5.10 Å². The second kappa shape index (κ2) is 7.48. The third kappa shape index (κ3) is 3.71. The van der Waals surface area contributed by atoms with E-state index in [0.717, 1.165) is 6.42 Å². The average Bonchev–Trinajstić information content (AvgIpc) is 2.70. The maximum absolute atomic E-state index is 12.8. The predicted molar refractivity (Wildman–Crippen MR) is 103 cm³/mol. The molecule has 6 heteroatoms. The molecule has 2 amide bonds. The molecule has 2 aromatic rings. The molecule has 6 nitrogen and oxygen atoms in total. The lowest BCUT2D eigenvalue weighted by molar-refractivity contribution is -0.133. The zero-order valence-corrected chi connectivity index (χ0v) is 15.4. The van der Waals surface area contributed by atoms with Crippen LogP contribution in [0.2, 0.25) is 0 Å². The largest absolute Gasteiger partial charge is 0.374 e. The zero-order chi connectivity index (χ0) is 18.8. The fourth-order valence-electron chi connectivity index (χ4n) is 3.75. The van der Waals surface area contributed by atoms with Gasteiger partial charge in [0.15, 0.2) is 0 Å². The van der Waals surface area contributed by atoms with Gasteiger partial charge in [-0.05, 0) is 16.3 Å². The van der Waals surface area contributed by atoms with Crippen LogP contribution in [0.3, 0.4) is 0 Å². The first-order valence-corrected chi connectivity index (χ1v) is 9.33. The van der Waals surface area contributed by atoms with Gasteiger partial charge in [-0.1, -0.05) is 42.5 Å². The van der Waals surface area contributed by atoms with Gasteiger partial charge >= 0.3 is 0 Å². The van der Waals surface area contributed by atoms with Crippen molar-refractivity contribution in [1.29, 1.82) is 0 Å². The Kier molecular flexibility index (Phi) is 4.90. The SMILES string of the molecule is CN1N=C(C(=O)N2CCOC(Cc3cccc4ccccc34)C2)CCC1=O. The summed E-state index contributed by atoms with van der Waals surface area (Å²) in [6, 6.07) is 14.6. The van der Waals surface area contributed by atoms with Crippen LogP contribution in [-0.4, -0.2) is 60.3 Å². The number of nitrogens with zero attached hydrogens (tertiary/aromatic N) is 3. The number of hydrogen-bond donors (Lipinski definition) is 0. The molecule has 140 valence electrons. The number of hydrogen-bond acceptors (Lipinski definition) is 4. The molecule has 1 atom stereocenters. The minimum Gasteiger partial charge on any atom is -0.374 e. The van der Waals surface area contributed by atoms with E-state index in [2.05, 4.69) is 35.4 Å². The molecule has 4 rings (SSSR count). The second-order valence-corrected chi connectivity index (χ2v) is 7.05. The Hall–Kier alpha value is -2.73. The van der Waals surface area contributed by atoms with Crippen molar-refractivity contribution in [3.63, 3.8) is 0 Å². The molecule has 0 radical (unpaired) electrons. The highest BCUT2D eigenvalue weighted by atomic mass is 16.5. The standard InChI is InChI=1S/C21H23N3O3/c1-23-20(25)10-9-19(22-23)21(26)24-11-12-27-17(14-24)13-16-7-4-6-15-5-2-3-8-18(15)16/h2-8,17H,9-14H2,1H3. The quantitative estimate of drug-likeness (QED) is 0.838. The summed E-state index contributed by atoms with van der Waals surface area (Å²) in [6.45, 7) is 1.61. The van der Waals surface area contributed by atoms with Crippen molar-refractivity contribution in [3.8, 4) is 0 Å². The van der Waals surface area contributed by atoms with Crippen molar-refractivity contribution in [3.05, 3.63) is 48.0 Å². The number of rotatable bonds is 3. The monoisotopic (exact) mass is 365 g/mol. The van der Waals surface area contributed by atoms with E-state index in [-0.39, 0.29) is 17.9 Å². The smallest absolute Gasteiger partial charge is 0.270 e. The van der Waals surface area contributed by atoms with E-state index in [0.29, 0.717) is 38.2 Å². The van der Waals surface area contributed by atoms with Crippen LogP contribution in [0.5, 0.6) is 0 Å². The molecule has 1 saturated heterocycles. The third-order valence-corrected chi connectivity index (χ3v) is 5.21. The Balaban J connectivity index is 1.47. The number of ether oxygens (including phenoxy) is 1. The summed E-state index contributed by atoms with van der Waals surface area (Å²) in [5.74, 6) is -0.136. The summed E-state index contributed by atoms with van der Waals surface area (Å²) in [7, 11) is 1.59. The molecule has 2 aliphatic rings. The molecular formula is C21H23N3O3. The summed E-state index contributed by atoms with van der Waals surface area (Å²) < 4.78 is 5.94. The summed E-state index contributed by atoms with van der Waals surface area (Å²) in [4.78, 5) is 26.2. The number of hydrazone groups is 1. The number of amides is 2. The van der Waals surface area contributed by atoms with Gasteiger partial charge < -0.3 is 9.64 Å². The summed E-state index contributed by atoms with van der Waals surface area (Å²) >= 11 is 0. The van der Waals surface area contributed by atoms with Crippen LogP contribution in [0, 0.1) is 0 Å². The van der Waals surface area contributed by atoms with Gasteiger partial charge in [-0.25, -0.2) is 5.01 Å². The summed E-state index contributed by atoms with van der Waals surface area (Å²) in [5, 5.41) is 7.86. The first-order valence-electron chi connectivity index (χ1n) is 9.33. The molecular weight excluding hydrogens is 342 g/mol. The van der Waals surface area contributed by atoms with E-state index in [4.69, 9.17) is 4.74 Å². The number of carbonyl (C=O) groups is 2. The second-order valence-electron chi connectivity index (χ2n) is 7.05. The molecule has 1 unspecified atom stereocenters. The molecule has 2 heterocycles. The number of benzene rings is 2. The Labute approximate surface area is 158 Å². The van der Waals surface area contributed by atoms with Crippen LogP contribution >= 0.6 is 0 Å². The van der Waals surface area contributed by atoms with Crippen molar-refractivity contribution in [2.75, 3.05) is 26.7 Å². The lowest BCUT2D eigenvalue weighted by atomic mass is 9.99. The summed E-state index contributed by atoms with van der Waals surface area (Å²) in [6.07, 6.45) is 1.46. The van der Waals surface area contributed by atoms with Gasteiger partial charge in [-0.3, -0.25) is 9.59 Å². The summed E-state index contributed by atoms with van der Waals surface area (Å²) in [5.41, 5.74) is 1.69. The van der Waals surface area contributed by atoms with Gasteiger partial charge in [0.05, 0.1) is 12.7 Å².